The lowest BCUT2D eigenvalue weighted by Gasteiger charge is -2.19. The van der Waals surface area contributed by atoms with Gasteiger partial charge in [-0.1, -0.05) is 25.4 Å². The predicted octanol–water partition coefficient (Wildman–Crippen LogP) is 3.07. The van der Waals surface area contributed by atoms with Crippen LogP contribution in [0.2, 0.25) is 5.02 Å². The van der Waals surface area contributed by atoms with Crippen molar-refractivity contribution < 1.29 is 4.92 Å². The minimum absolute atomic E-state index is 0.0763. The Labute approximate surface area is 125 Å². The van der Waals surface area contributed by atoms with Gasteiger partial charge in [-0.15, -0.1) is 0 Å². The van der Waals surface area contributed by atoms with E-state index in [0.29, 0.717) is 11.6 Å². The zero-order valence-electron chi connectivity index (χ0n) is 12.1. The summed E-state index contributed by atoms with van der Waals surface area (Å²) < 4.78 is 0. The number of hydrogen-bond donors (Lipinski definition) is 1. The van der Waals surface area contributed by atoms with Gasteiger partial charge in [-0.2, -0.15) is 0 Å². The Bertz CT molecular complexity index is 440. The Morgan fingerprint density at radius 1 is 1.35 bits per heavy atom. The lowest BCUT2D eigenvalue weighted by Crippen LogP contribution is -2.32. The highest BCUT2D eigenvalue weighted by Gasteiger charge is 2.09. The molecule has 0 amide bonds. The molecule has 0 unspecified atom stereocenters. The first-order valence-corrected chi connectivity index (χ1v) is 7.32. The molecule has 0 spiro atoms. The Morgan fingerprint density at radius 3 is 2.70 bits per heavy atom. The molecule has 0 atom stereocenters. The third-order valence-electron chi connectivity index (χ3n) is 3.15. The van der Waals surface area contributed by atoms with E-state index in [0.717, 1.165) is 38.2 Å². The number of nitro groups is 1. The van der Waals surface area contributed by atoms with E-state index in [1.165, 1.54) is 12.1 Å². The Hall–Kier alpha value is -1.17. The van der Waals surface area contributed by atoms with E-state index in [1.807, 2.05) is 0 Å². The van der Waals surface area contributed by atoms with Gasteiger partial charge in [0.15, 0.2) is 0 Å². The van der Waals surface area contributed by atoms with E-state index in [4.69, 9.17) is 11.6 Å². The van der Waals surface area contributed by atoms with Crippen LogP contribution in [-0.4, -0.2) is 36.0 Å². The van der Waals surface area contributed by atoms with Crippen LogP contribution in [0.4, 0.5) is 5.69 Å². The minimum atomic E-state index is -0.403. The SMILES string of the molecule is CCCN(CC)CCNCc1cc([N+](=O)[O-])ccc1Cl. The van der Waals surface area contributed by atoms with Crippen molar-refractivity contribution in [1.29, 1.82) is 0 Å². The molecule has 20 heavy (non-hydrogen) atoms. The smallest absolute Gasteiger partial charge is 0.269 e. The first-order valence-electron chi connectivity index (χ1n) is 6.94. The first-order chi connectivity index (χ1) is 9.58. The summed E-state index contributed by atoms with van der Waals surface area (Å²) >= 11 is 6.05. The molecule has 0 bridgehead atoms. The average molecular weight is 300 g/mol. The zero-order chi connectivity index (χ0) is 15.0. The molecule has 0 aliphatic carbocycles. The van der Waals surface area contributed by atoms with Gasteiger partial charge in [0.2, 0.25) is 0 Å². The summed E-state index contributed by atoms with van der Waals surface area (Å²) in [6.45, 7) is 8.79. The van der Waals surface area contributed by atoms with Gasteiger partial charge in [0.1, 0.15) is 0 Å². The molecule has 1 aromatic carbocycles. The van der Waals surface area contributed by atoms with Crippen LogP contribution in [-0.2, 0) is 6.54 Å². The van der Waals surface area contributed by atoms with Crippen LogP contribution in [0.3, 0.4) is 0 Å². The number of hydrogen-bond acceptors (Lipinski definition) is 4. The van der Waals surface area contributed by atoms with Crippen molar-refractivity contribution in [2.75, 3.05) is 26.2 Å². The zero-order valence-corrected chi connectivity index (χ0v) is 12.8. The number of benzene rings is 1. The molecular weight excluding hydrogens is 278 g/mol. The highest BCUT2D eigenvalue weighted by molar-refractivity contribution is 6.31. The lowest BCUT2D eigenvalue weighted by atomic mass is 10.2. The van der Waals surface area contributed by atoms with E-state index in [2.05, 4.69) is 24.1 Å². The van der Waals surface area contributed by atoms with Crippen molar-refractivity contribution in [2.45, 2.75) is 26.8 Å². The molecule has 112 valence electrons. The molecule has 5 nitrogen and oxygen atoms in total. The Kier molecular flexibility index (Phi) is 7.51. The molecule has 1 aromatic rings. The van der Waals surface area contributed by atoms with Gasteiger partial charge in [0, 0.05) is 36.8 Å². The maximum Gasteiger partial charge on any atom is 0.269 e. The number of rotatable bonds is 9. The summed E-state index contributed by atoms with van der Waals surface area (Å²) in [4.78, 5) is 12.7. The Morgan fingerprint density at radius 2 is 2.10 bits per heavy atom. The molecule has 1 N–H and O–H groups in total. The second kappa shape index (κ2) is 8.89. The normalized spacial score (nSPS) is 11.0. The number of halogens is 1. The molecule has 0 heterocycles. The van der Waals surface area contributed by atoms with Crippen LogP contribution in [0.15, 0.2) is 18.2 Å². The van der Waals surface area contributed by atoms with Crippen LogP contribution >= 0.6 is 11.6 Å². The summed E-state index contributed by atoms with van der Waals surface area (Å²) in [6.07, 6.45) is 1.14. The van der Waals surface area contributed by atoms with Gasteiger partial charge in [0.25, 0.3) is 5.69 Å². The van der Waals surface area contributed by atoms with Crippen LogP contribution in [0.5, 0.6) is 0 Å². The van der Waals surface area contributed by atoms with Gasteiger partial charge in [0.05, 0.1) is 4.92 Å². The number of non-ortho nitro benzene ring substituents is 1. The number of nitrogens with one attached hydrogen (secondary N) is 1. The van der Waals surface area contributed by atoms with E-state index >= 15 is 0 Å². The minimum Gasteiger partial charge on any atom is -0.311 e. The molecule has 6 heteroatoms. The van der Waals surface area contributed by atoms with Gasteiger partial charge >= 0.3 is 0 Å². The number of likely N-dealkylation sites (N-methyl/N-ethyl adjacent to an activating group) is 1. The van der Waals surface area contributed by atoms with E-state index in [-0.39, 0.29) is 5.69 Å². The van der Waals surface area contributed by atoms with Gasteiger partial charge in [-0.25, -0.2) is 0 Å². The fraction of sp³-hybridized carbons (Fsp3) is 0.571. The maximum absolute atomic E-state index is 10.7. The van der Waals surface area contributed by atoms with E-state index in [1.54, 1.807) is 6.07 Å². The highest BCUT2D eigenvalue weighted by atomic mass is 35.5. The first kappa shape index (κ1) is 16.9. The molecule has 0 saturated heterocycles. The van der Waals surface area contributed by atoms with Crippen molar-refractivity contribution in [3.8, 4) is 0 Å². The highest BCUT2D eigenvalue weighted by Crippen LogP contribution is 2.21. The monoisotopic (exact) mass is 299 g/mol. The molecular formula is C14H22ClN3O2. The summed E-state index contributed by atoms with van der Waals surface area (Å²) in [7, 11) is 0. The summed E-state index contributed by atoms with van der Waals surface area (Å²) in [5.41, 5.74) is 0.840. The van der Waals surface area contributed by atoms with Crippen LogP contribution in [0.25, 0.3) is 0 Å². The summed E-state index contributed by atoms with van der Waals surface area (Å²) in [5, 5.41) is 14.6. The third-order valence-corrected chi connectivity index (χ3v) is 3.52. The number of nitro benzene ring substituents is 1. The second-order valence-electron chi connectivity index (χ2n) is 4.64. The maximum atomic E-state index is 10.7. The Balaban J connectivity index is 2.45. The fourth-order valence-corrected chi connectivity index (χ4v) is 2.20. The fourth-order valence-electron chi connectivity index (χ4n) is 2.01. The second-order valence-corrected chi connectivity index (χ2v) is 5.05. The molecule has 0 fully saturated rings. The van der Waals surface area contributed by atoms with Crippen molar-refractivity contribution >= 4 is 17.3 Å². The molecule has 0 saturated carbocycles. The van der Waals surface area contributed by atoms with Crippen molar-refractivity contribution in [3.05, 3.63) is 38.9 Å². The molecule has 1 rings (SSSR count). The molecule has 0 aromatic heterocycles. The number of nitrogens with zero attached hydrogens (tertiary/aromatic N) is 2. The van der Waals surface area contributed by atoms with Crippen LogP contribution < -0.4 is 5.32 Å². The predicted molar refractivity (Wildman–Crippen MR) is 82.2 cm³/mol. The quantitative estimate of drug-likeness (QED) is 0.432. The van der Waals surface area contributed by atoms with Crippen LogP contribution in [0, 0.1) is 10.1 Å². The molecule has 0 aliphatic heterocycles. The lowest BCUT2D eigenvalue weighted by molar-refractivity contribution is -0.384. The van der Waals surface area contributed by atoms with Crippen molar-refractivity contribution in [3.63, 3.8) is 0 Å². The van der Waals surface area contributed by atoms with E-state index < -0.39 is 4.92 Å². The average Bonchev–Trinajstić information content (AvgIpc) is 2.43. The van der Waals surface area contributed by atoms with Crippen LogP contribution in [0.1, 0.15) is 25.8 Å². The van der Waals surface area contributed by atoms with Gasteiger partial charge < -0.3 is 10.2 Å². The van der Waals surface area contributed by atoms with Crippen molar-refractivity contribution in [2.24, 2.45) is 0 Å². The topological polar surface area (TPSA) is 58.4 Å². The van der Waals surface area contributed by atoms with Gasteiger partial charge in [-0.05, 0) is 31.1 Å². The largest absolute Gasteiger partial charge is 0.311 e. The summed E-state index contributed by atoms with van der Waals surface area (Å²) in [6, 6.07) is 4.52. The van der Waals surface area contributed by atoms with Crippen molar-refractivity contribution in [1.82, 2.24) is 10.2 Å². The molecule has 0 radical (unpaired) electrons. The van der Waals surface area contributed by atoms with Gasteiger partial charge in [-0.3, -0.25) is 10.1 Å². The van der Waals surface area contributed by atoms with E-state index in [9.17, 15) is 10.1 Å². The summed E-state index contributed by atoms with van der Waals surface area (Å²) in [5.74, 6) is 0. The third kappa shape index (κ3) is 5.45. The standard InChI is InChI=1S/C14H22ClN3O2/c1-3-8-17(4-2)9-7-16-11-12-10-13(18(19)20)5-6-14(12)15/h5-6,10,16H,3-4,7-9,11H2,1-2H3. The molecule has 0 aliphatic rings.